The molecule has 0 spiro atoms. The van der Waals surface area contributed by atoms with Gasteiger partial charge < -0.3 is 4.74 Å². The smallest absolute Gasteiger partial charge is 0.266 e. The maximum Gasteiger partial charge on any atom is 0.266 e. The normalized spacial score (nSPS) is 22.7. The summed E-state index contributed by atoms with van der Waals surface area (Å²) in [6, 6.07) is 23.9. The first-order chi connectivity index (χ1) is 15.1. The quantitative estimate of drug-likeness (QED) is 0.603. The first kappa shape index (κ1) is 19.3. The van der Waals surface area contributed by atoms with Gasteiger partial charge in [-0.3, -0.25) is 14.4 Å². The molecule has 0 saturated carbocycles. The van der Waals surface area contributed by atoms with E-state index in [2.05, 4.69) is 0 Å². The van der Waals surface area contributed by atoms with E-state index in [0.29, 0.717) is 11.4 Å². The van der Waals surface area contributed by atoms with E-state index in [0.717, 1.165) is 16.8 Å². The summed E-state index contributed by atoms with van der Waals surface area (Å²) in [5.41, 5.74) is 3.19. The largest absolute Gasteiger partial charge is 0.496 e. The lowest BCUT2D eigenvalue weighted by molar-refractivity contribution is -0.126. The number of hydroxylamine groups is 1. The van der Waals surface area contributed by atoms with Gasteiger partial charge in [0.05, 0.1) is 24.5 Å². The zero-order valence-corrected chi connectivity index (χ0v) is 17.3. The number of carbonyl (C=O) groups is 2. The van der Waals surface area contributed by atoms with Crippen molar-refractivity contribution in [3.63, 3.8) is 0 Å². The van der Waals surface area contributed by atoms with E-state index in [9.17, 15) is 9.59 Å². The first-order valence-electron chi connectivity index (χ1n) is 10.2. The number of rotatable bonds is 4. The van der Waals surface area contributed by atoms with Gasteiger partial charge in [0.15, 0.2) is 6.10 Å². The molecule has 0 radical (unpaired) electrons. The van der Waals surface area contributed by atoms with Crippen molar-refractivity contribution in [3.8, 4) is 5.75 Å². The SMILES string of the molecule is COc1ccccc1[C@H]1[C@H]2C(=O)N(c3ccc(C)cc3)C(=O)[C@H]2ON1c1ccccc1. The first-order valence-corrected chi connectivity index (χ1v) is 10.2. The van der Waals surface area contributed by atoms with Crippen LogP contribution in [0.4, 0.5) is 11.4 Å². The highest BCUT2D eigenvalue weighted by Crippen LogP contribution is 2.49. The van der Waals surface area contributed by atoms with Crippen molar-refractivity contribution in [3.05, 3.63) is 90.0 Å². The van der Waals surface area contributed by atoms with E-state index in [1.165, 1.54) is 4.90 Å². The van der Waals surface area contributed by atoms with E-state index in [-0.39, 0.29) is 11.8 Å². The molecule has 2 heterocycles. The van der Waals surface area contributed by atoms with Crippen LogP contribution in [-0.4, -0.2) is 25.0 Å². The molecular weight excluding hydrogens is 392 g/mol. The number of amides is 2. The van der Waals surface area contributed by atoms with Gasteiger partial charge in [-0.05, 0) is 37.3 Å². The van der Waals surface area contributed by atoms with Crippen molar-refractivity contribution in [2.45, 2.75) is 19.1 Å². The number of benzene rings is 3. The Morgan fingerprint density at radius 1 is 0.806 bits per heavy atom. The monoisotopic (exact) mass is 414 g/mol. The van der Waals surface area contributed by atoms with Gasteiger partial charge in [0, 0.05) is 5.56 Å². The average Bonchev–Trinajstić information content (AvgIpc) is 3.31. The van der Waals surface area contributed by atoms with E-state index in [1.807, 2.05) is 73.7 Å². The van der Waals surface area contributed by atoms with Crippen molar-refractivity contribution in [2.24, 2.45) is 5.92 Å². The molecule has 3 aromatic rings. The molecule has 5 rings (SSSR count). The van der Waals surface area contributed by atoms with Crippen LogP contribution >= 0.6 is 0 Å². The molecular formula is C25H22N2O4. The number of para-hydroxylation sites is 2. The summed E-state index contributed by atoms with van der Waals surface area (Å²) in [6.07, 6.45) is -0.899. The second-order valence-electron chi connectivity index (χ2n) is 7.75. The molecule has 0 bridgehead atoms. The van der Waals surface area contributed by atoms with Gasteiger partial charge >= 0.3 is 0 Å². The molecule has 6 nitrogen and oxygen atoms in total. The Labute approximate surface area is 180 Å². The van der Waals surface area contributed by atoms with Crippen LogP contribution in [0.25, 0.3) is 0 Å². The third-order valence-corrected chi connectivity index (χ3v) is 5.88. The molecule has 2 fully saturated rings. The second kappa shape index (κ2) is 7.56. The summed E-state index contributed by atoms with van der Waals surface area (Å²) in [5.74, 6) is -0.664. The van der Waals surface area contributed by atoms with Gasteiger partial charge in [0.1, 0.15) is 11.7 Å². The Morgan fingerprint density at radius 3 is 2.19 bits per heavy atom. The molecule has 31 heavy (non-hydrogen) atoms. The number of fused-ring (bicyclic) bond motifs is 1. The van der Waals surface area contributed by atoms with E-state index >= 15 is 0 Å². The predicted octanol–water partition coefficient (Wildman–Crippen LogP) is 4.05. The predicted molar refractivity (Wildman–Crippen MR) is 117 cm³/mol. The standard InChI is InChI=1S/C25H22N2O4/c1-16-12-14-17(15-13-16)26-24(28)21-22(19-10-6-7-11-20(19)30-2)27(31-23(21)25(26)29)18-8-4-3-5-9-18/h3-15,21-23H,1-2H3/t21-,22+,23+/m1/s1. The maximum atomic E-state index is 13.6. The summed E-state index contributed by atoms with van der Waals surface area (Å²) < 4.78 is 5.59. The molecule has 0 N–H and O–H groups in total. The van der Waals surface area contributed by atoms with Crippen molar-refractivity contribution >= 4 is 23.2 Å². The van der Waals surface area contributed by atoms with Gasteiger partial charge in [0.2, 0.25) is 5.91 Å². The molecule has 2 aliphatic heterocycles. The Hall–Kier alpha value is -3.64. The average molecular weight is 414 g/mol. The molecule has 6 heteroatoms. The number of nitrogens with zero attached hydrogens (tertiary/aromatic N) is 2. The summed E-state index contributed by atoms with van der Waals surface area (Å²) in [4.78, 5) is 34.3. The Kier molecular flexibility index (Phi) is 4.71. The lowest BCUT2D eigenvalue weighted by atomic mass is 9.90. The topological polar surface area (TPSA) is 59.1 Å². The zero-order chi connectivity index (χ0) is 21.5. The molecule has 156 valence electrons. The number of ether oxygens (including phenoxy) is 1. The zero-order valence-electron chi connectivity index (χ0n) is 17.3. The molecule has 2 amide bonds. The number of hydrogen-bond acceptors (Lipinski definition) is 5. The highest BCUT2D eigenvalue weighted by Gasteiger charge is 2.60. The molecule has 2 aliphatic rings. The van der Waals surface area contributed by atoms with Crippen molar-refractivity contribution in [1.82, 2.24) is 0 Å². The van der Waals surface area contributed by atoms with Crippen LogP contribution < -0.4 is 14.7 Å². The van der Waals surface area contributed by atoms with E-state index in [4.69, 9.17) is 9.57 Å². The van der Waals surface area contributed by atoms with Gasteiger partial charge in [0.25, 0.3) is 5.91 Å². The van der Waals surface area contributed by atoms with Crippen LogP contribution in [0.1, 0.15) is 17.2 Å². The molecule has 0 aromatic heterocycles. The summed E-state index contributed by atoms with van der Waals surface area (Å²) >= 11 is 0. The lowest BCUT2D eigenvalue weighted by Gasteiger charge is -2.29. The van der Waals surface area contributed by atoms with Crippen molar-refractivity contribution < 1.29 is 19.2 Å². The third-order valence-electron chi connectivity index (χ3n) is 5.88. The molecule has 0 unspecified atom stereocenters. The third kappa shape index (κ3) is 3.07. The molecule has 3 aromatic carbocycles. The molecule has 0 aliphatic carbocycles. The van der Waals surface area contributed by atoms with Crippen LogP contribution in [0.5, 0.6) is 5.75 Å². The Morgan fingerprint density at radius 2 is 1.48 bits per heavy atom. The van der Waals surface area contributed by atoms with Crippen LogP contribution in [0, 0.1) is 12.8 Å². The minimum Gasteiger partial charge on any atom is -0.496 e. The Bertz CT molecular complexity index is 1130. The summed E-state index contributed by atoms with van der Waals surface area (Å²) in [5, 5.41) is 1.68. The van der Waals surface area contributed by atoms with E-state index in [1.54, 1.807) is 24.3 Å². The number of imide groups is 1. The molecule has 3 atom stereocenters. The number of methoxy groups -OCH3 is 1. The number of carbonyl (C=O) groups excluding carboxylic acids is 2. The second-order valence-corrected chi connectivity index (χ2v) is 7.75. The fraction of sp³-hybridized carbons (Fsp3) is 0.200. The van der Waals surface area contributed by atoms with Crippen molar-refractivity contribution in [1.29, 1.82) is 0 Å². The van der Waals surface area contributed by atoms with Gasteiger partial charge in [-0.15, -0.1) is 0 Å². The van der Waals surface area contributed by atoms with Crippen LogP contribution in [0.2, 0.25) is 0 Å². The molecule has 2 saturated heterocycles. The fourth-order valence-electron chi connectivity index (χ4n) is 4.39. The highest BCUT2D eigenvalue weighted by molar-refractivity contribution is 6.23. The minimum atomic E-state index is -0.899. The van der Waals surface area contributed by atoms with Crippen LogP contribution in [0.3, 0.4) is 0 Å². The number of aryl methyl sites for hydroxylation is 1. The van der Waals surface area contributed by atoms with E-state index < -0.39 is 18.1 Å². The Balaban J connectivity index is 1.61. The van der Waals surface area contributed by atoms with Crippen LogP contribution in [0.15, 0.2) is 78.9 Å². The van der Waals surface area contributed by atoms with Gasteiger partial charge in [-0.2, -0.15) is 0 Å². The van der Waals surface area contributed by atoms with Crippen LogP contribution in [-0.2, 0) is 14.4 Å². The maximum absolute atomic E-state index is 13.6. The van der Waals surface area contributed by atoms with Gasteiger partial charge in [-0.25, -0.2) is 9.96 Å². The minimum absolute atomic E-state index is 0.270. The fourth-order valence-corrected chi connectivity index (χ4v) is 4.39. The van der Waals surface area contributed by atoms with Gasteiger partial charge in [-0.1, -0.05) is 54.1 Å². The number of hydrogen-bond donors (Lipinski definition) is 0. The number of anilines is 2. The lowest BCUT2D eigenvalue weighted by Crippen LogP contribution is -2.37. The summed E-state index contributed by atoms with van der Waals surface area (Å²) in [6.45, 7) is 1.96. The highest BCUT2D eigenvalue weighted by atomic mass is 16.7. The summed E-state index contributed by atoms with van der Waals surface area (Å²) in [7, 11) is 1.60. The van der Waals surface area contributed by atoms with Crippen molar-refractivity contribution in [2.75, 3.05) is 17.1 Å².